The standard InChI is InChI=1S/C13H16ClN3O2/c1-17-3-2-15-13(17)16-8-9-6-10(14)12-11(7-9)18-4-5-19-12/h6-7H,2-5,8H2,1H3,(H,15,16). The molecule has 6 heteroatoms. The van der Waals surface area contributed by atoms with Crippen molar-refractivity contribution >= 4 is 17.6 Å². The van der Waals surface area contributed by atoms with Crippen molar-refractivity contribution in [2.24, 2.45) is 4.99 Å². The van der Waals surface area contributed by atoms with Crippen LogP contribution in [0.2, 0.25) is 5.02 Å². The van der Waals surface area contributed by atoms with Gasteiger partial charge in [-0.25, -0.2) is 0 Å². The van der Waals surface area contributed by atoms with Crippen LogP contribution in [-0.2, 0) is 6.54 Å². The summed E-state index contributed by atoms with van der Waals surface area (Å²) in [6.45, 7) is 3.59. The zero-order chi connectivity index (χ0) is 13.2. The van der Waals surface area contributed by atoms with Crippen LogP contribution in [0.5, 0.6) is 11.5 Å². The molecule has 0 aliphatic carbocycles. The second-order valence-corrected chi connectivity index (χ2v) is 4.99. The van der Waals surface area contributed by atoms with Gasteiger partial charge >= 0.3 is 0 Å². The van der Waals surface area contributed by atoms with E-state index in [1.54, 1.807) is 0 Å². The number of nitrogens with zero attached hydrogens (tertiary/aromatic N) is 2. The number of hydrogen-bond acceptors (Lipinski definition) is 5. The molecular weight excluding hydrogens is 266 g/mol. The number of aliphatic imine (C=N–C) groups is 1. The van der Waals surface area contributed by atoms with Gasteiger partial charge in [0.05, 0.1) is 11.6 Å². The van der Waals surface area contributed by atoms with Crippen molar-refractivity contribution in [2.45, 2.75) is 6.54 Å². The van der Waals surface area contributed by atoms with Crippen LogP contribution in [0.1, 0.15) is 5.56 Å². The molecule has 0 radical (unpaired) electrons. The summed E-state index contributed by atoms with van der Waals surface area (Å²) < 4.78 is 11.1. The molecule has 2 aliphatic rings. The molecule has 1 aromatic rings. The van der Waals surface area contributed by atoms with Gasteiger partial charge in [0.25, 0.3) is 0 Å². The van der Waals surface area contributed by atoms with Gasteiger partial charge in [-0.1, -0.05) is 11.6 Å². The van der Waals surface area contributed by atoms with E-state index < -0.39 is 0 Å². The van der Waals surface area contributed by atoms with Crippen LogP contribution >= 0.6 is 11.6 Å². The molecule has 0 unspecified atom stereocenters. The highest BCUT2D eigenvalue weighted by Gasteiger charge is 2.17. The number of rotatable bonds is 2. The van der Waals surface area contributed by atoms with Gasteiger partial charge in [-0.2, -0.15) is 0 Å². The topological polar surface area (TPSA) is 46.1 Å². The van der Waals surface area contributed by atoms with E-state index in [1.165, 1.54) is 0 Å². The highest BCUT2D eigenvalue weighted by molar-refractivity contribution is 6.32. The maximum absolute atomic E-state index is 6.20. The number of likely N-dealkylation sites (N-methyl/N-ethyl adjacent to an activating group) is 1. The number of nitrogens with one attached hydrogen (secondary N) is 1. The number of halogens is 1. The third kappa shape index (κ3) is 2.56. The zero-order valence-electron chi connectivity index (χ0n) is 10.8. The number of guanidine groups is 1. The summed E-state index contributed by atoms with van der Waals surface area (Å²) in [6, 6.07) is 3.86. The molecule has 0 aromatic heterocycles. The molecule has 0 atom stereocenters. The summed E-state index contributed by atoms with van der Waals surface area (Å²) in [5.41, 5.74) is 1.05. The second kappa shape index (κ2) is 5.17. The van der Waals surface area contributed by atoms with Crippen LogP contribution < -0.4 is 14.8 Å². The van der Waals surface area contributed by atoms with E-state index >= 15 is 0 Å². The molecule has 1 aromatic carbocycles. The van der Waals surface area contributed by atoms with Crippen molar-refractivity contribution < 1.29 is 9.47 Å². The first-order valence-electron chi connectivity index (χ1n) is 6.31. The van der Waals surface area contributed by atoms with Crippen LogP contribution in [-0.4, -0.2) is 44.2 Å². The third-order valence-electron chi connectivity index (χ3n) is 3.17. The summed E-state index contributed by atoms with van der Waals surface area (Å²) in [5.74, 6) is 2.29. The third-order valence-corrected chi connectivity index (χ3v) is 3.45. The molecular formula is C13H16ClN3O2. The molecule has 0 spiro atoms. The van der Waals surface area contributed by atoms with Crippen molar-refractivity contribution in [2.75, 3.05) is 33.4 Å². The van der Waals surface area contributed by atoms with Crippen molar-refractivity contribution in [3.05, 3.63) is 22.7 Å². The van der Waals surface area contributed by atoms with Crippen LogP contribution in [0, 0.1) is 0 Å². The molecule has 3 rings (SSSR count). The fourth-order valence-electron chi connectivity index (χ4n) is 2.17. The predicted molar refractivity (Wildman–Crippen MR) is 74.2 cm³/mol. The Kier molecular flexibility index (Phi) is 3.38. The monoisotopic (exact) mass is 281 g/mol. The molecule has 0 amide bonds. The minimum atomic E-state index is 0.548. The Balaban J connectivity index is 1.73. The first-order chi connectivity index (χ1) is 9.24. The van der Waals surface area contributed by atoms with Crippen molar-refractivity contribution in [1.82, 2.24) is 10.2 Å². The SMILES string of the molecule is CN1CCN=C1NCc1cc(Cl)c2c(c1)OCCO2. The van der Waals surface area contributed by atoms with Gasteiger partial charge in [0.2, 0.25) is 0 Å². The lowest BCUT2D eigenvalue weighted by Gasteiger charge is -2.21. The fourth-order valence-corrected chi connectivity index (χ4v) is 2.46. The van der Waals surface area contributed by atoms with E-state index in [0.717, 1.165) is 30.4 Å². The largest absolute Gasteiger partial charge is 0.486 e. The van der Waals surface area contributed by atoms with Gasteiger partial charge in [0, 0.05) is 20.1 Å². The molecule has 2 heterocycles. The predicted octanol–water partition coefficient (Wildman–Crippen LogP) is 1.50. The van der Waals surface area contributed by atoms with E-state index in [2.05, 4.69) is 15.2 Å². The molecule has 19 heavy (non-hydrogen) atoms. The fraction of sp³-hybridized carbons (Fsp3) is 0.462. The van der Waals surface area contributed by atoms with E-state index in [4.69, 9.17) is 21.1 Å². The van der Waals surface area contributed by atoms with Crippen molar-refractivity contribution in [3.63, 3.8) is 0 Å². The minimum Gasteiger partial charge on any atom is -0.486 e. The van der Waals surface area contributed by atoms with Crippen LogP contribution in [0.25, 0.3) is 0 Å². The van der Waals surface area contributed by atoms with Crippen LogP contribution in [0.3, 0.4) is 0 Å². The Labute approximate surface area is 117 Å². The zero-order valence-corrected chi connectivity index (χ0v) is 11.5. The Morgan fingerprint density at radius 1 is 1.37 bits per heavy atom. The Morgan fingerprint density at radius 2 is 2.21 bits per heavy atom. The quantitative estimate of drug-likeness (QED) is 0.892. The number of ether oxygens (including phenoxy) is 2. The molecule has 2 aliphatic heterocycles. The normalized spacial score (nSPS) is 17.4. The van der Waals surface area contributed by atoms with Crippen LogP contribution in [0.15, 0.2) is 17.1 Å². The number of fused-ring (bicyclic) bond motifs is 1. The molecule has 0 saturated carbocycles. The van der Waals surface area contributed by atoms with E-state index in [9.17, 15) is 0 Å². The summed E-state index contributed by atoms with van der Waals surface area (Å²) >= 11 is 6.20. The summed E-state index contributed by atoms with van der Waals surface area (Å²) in [4.78, 5) is 6.48. The molecule has 0 bridgehead atoms. The first-order valence-corrected chi connectivity index (χ1v) is 6.69. The summed E-state index contributed by atoms with van der Waals surface area (Å²) in [7, 11) is 2.02. The average molecular weight is 282 g/mol. The molecule has 5 nitrogen and oxygen atoms in total. The summed E-state index contributed by atoms with van der Waals surface area (Å²) in [5, 5.41) is 3.90. The highest BCUT2D eigenvalue weighted by atomic mass is 35.5. The number of benzene rings is 1. The Hall–Kier alpha value is -1.62. The average Bonchev–Trinajstić information content (AvgIpc) is 2.82. The minimum absolute atomic E-state index is 0.548. The van der Waals surface area contributed by atoms with Gasteiger partial charge in [0.1, 0.15) is 13.2 Å². The lowest BCUT2D eigenvalue weighted by molar-refractivity contribution is 0.171. The lowest BCUT2D eigenvalue weighted by atomic mass is 10.2. The second-order valence-electron chi connectivity index (χ2n) is 4.58. The molecule has 1 N–H and O–H groups in total. The van der Waals surface area contributed by atoms with Gasteiger partial charge < -0.3 is 19.7 Å². The van der Waals surface area contributed by atoms with E-state index in [-0.39, 0.29) is 0 Å². The maximum Gasteiger partial charge on any atom is 0.194 e. The molecule has 0 saturated heterocycles. The first kappa shape index (κ1) is 12.4. The van der Waals surface area contributed by atoms with Crippen LogP contribution in [0.4, 0.5) is 0 Å². The lowest BCUT2D eigenvalue weighted by Crippen LogP contribution is -2.35. The smallest absolute Gasteiger partial charge is 0.194 e. The molecule has 0 fully saturated rings. The highest BCUT2D eigenvalue weighted by Crippen LogP contribution is 2.38. The van der Waals surface area contributed by atoms with Gasteiger partial charge in [-0.15, -0.1) is 0 Å². The van der Waals surface area contributed by atoms with Gasteiger partial charge in [0.15, 0.2) is 17.5 Å². The maximum atomic E-state index is 6.20. The van der Waals surface area contributed by atoms with E-state index in [1.807, 2.05) is 19.2 Å². The van der Waals surface area contributed by atoms with Gasteiger partial charge in [-0.3, -0.25) is 4.99 Å². The van der Waals surface area contributed by atoms with Crippen molar-refractivity contribution in [3.8, 4) is 11.5 Å². The van der Waals surface area contributed by atoms with Crippen molar-refractivity contribution in [1.29, 1.82) is 0 Å². The molecule has 102 valence electrons. The Bertz CT molecular complexity index is 519. The number of hydrogen-bond donors (Lipinski definition) is 1. The van der Waals surface area contributed by atoms with E-state index in [0.29, 0.717) is 30.5 Å². The summed E-state index contributed by atoms with van der Waals surface area (Å²) in [6.07, 6.45) is 0. The van der Waals surface area contributed by atoms with Gasteiger partial charge in [-0.05, 0) is 17.7 Å². The Morgan fingerprint density at radius 3 is 3.00 bits per heavy atom.